The number of hydrogen-bond acceptors (Lipinski definition) is 4. The van der Waals surface area contributed by atoms with Crippen LogP contribution < -0.4 is 10.1 Å². The van der Waals surface area contributed by atoms with Crippen molar-refractivity contribution in [3.8, 4) is 11.8 Å². The molecule has 0 amide bonds. The number of hydrogen-bond donors (Lipinski definition) is 1. The van der Waals surface area contributed by atoms with Gasteiger partial charge in [0.1, 0.15) is 0 Å². The predicted molar refractivity (Wildman–Crippen MR) is 74.9 cm³/mol. The van der Waals surface area contributed by atoms with Gasteiger partial charge in [-0.2, -0.15) is 5.26 Å². The van der Waals surface area contributed by atoms with E-state index in [1.54, 1.807) is 13.2 Å². The van der Waals surface area contributed by atoms with Crippen molar-refractivity contribution in [1.82, 2.24) is 5.32 Å². The Morgan fingerprint density at radius 3 is 2.85 bits per heavy atom. The molecule has 0 aliphatic carbocycles. The molecule has 0 aromatic heterocycles. The van der Waals surface area contributed by atoms with Gasteiger partial charge in [0.2, 0.25) is 0 Å². The standard InChI is InChI=1S/C15H21FN2O2/c1-19-10-8-18-12-13-5-6-15(14(16)11-13)20-9-4-2-3-7-17/h5-6,11,18H,2-4,8-10,12H2,1H3. The second-order valence-electron chi connectivity index (χ2n) is 4.40. The third-order valence-electron chi connectivity index (χ3n) is 2.75. The first-order valence-corrected chi connectivity index (χ1v) is 6.75. The normalized spacial score (nSPS) is 10.2. The van der Waals surface area contributed by atoms with Gasteiger partial charge in [-0.15, -0.1) is 0 Å². The van der Waals surface area contributed by atoms with E-state index >= 15 is 0 Å². The number of benzene rings is 1. The van der Waals surface area contributed by atoms with Gasteiger partial charge in [-0.05, 0) is 30.5 Å². The summed E-state index contributed by atoms with van der Waals surface area (Å²) in [6.07, 6.45) is 2.05. The van der Waals surface area contributed by atoms with Gasteiger partial charge in [0, 0.05) is 26.6 Å². The van der Waals surface area contributed by atoms with Gasteiger partial charge >= 0.3 is 0 Å². The fourth-order valence-electron chi connectivity index (χ4n) is 1.67. The zero-order chi connectivity index (χ0) is 14.6. The van der Waals surface area contributed by atoms with E-state index in [1.165, 1.54) is 6.07 Å². The van der Waals surface area contributed by atoms with Crippen LogP contribution in [0.15, 0.2) is 18.2 Å². The molecule has 0 aliphatic rings. The summed E-state index contributed by atoms with van der Waals surface area (Å²) in [7, 11) is 1.64. The number of unbranched alkanes of at least 4 members (excludes halogenated alkanes) is 2. The molecule has 0 radical (unpaired) electrons. The molecule has 0 atom stereocenters. The SMILES string of the molecule is COCCNCc1ccc(OCCCCC#N)c(F)c1. The molecule has 0 saturated heterocycles. The molecular weight excluding hydrogens is 259 g/mol. The first kappa shape index (κ1) is 16.4. The maximum absolute atomic E-state index is 13.8. The lowest BCUT2D eigenvalue weighted by Crippen LogP contribution is -2.18. The number of nitrogens with zero attached hydrogens (tertiary/aromatic N) is 1. The molecular formula is C15H21FN2O2. The van der Waals surface area contributed by atoms with Gasteiger partial charge in [-0.25, -0.2) is 4.39 Å². The summed E-state index contributed by atoms with van der Waals surface area (Å²) in [6, 6.07) is 7.03. The van der Waals surface area contributed by atoms with Gasteiger partial charge < -0.3 is 14.8 Å². The molecule has 5 heteroatoms. The van der Waals surface area contributed by atoms with Gasteiger partial charge in [0.15, 0.2) is 11.6 Å². The number of nitriles is 1. The molecule has 0 saturated carbocycles. The van der Waals surface area contributed by atoms with Crippen LogP contribution in [0.4, 0.5) is 4.39 Å². The highest BCUT2D eigenvalue weighted by molar-refractivity contribution is 5.29. The summed E-state index contributed by atoms with van der Waals surface area (Å²) in [5, 5.41) is 11.5. The molecule has 4 nitrogen and oxygen atoms in total. The minimum atomic E-state index is -0.351. The Kier molecular flexibility index (Phi) is 8.36. The van der Waals surface area contributed by atoms with Crippen molar-refractivity contribution in [3.63, 3.8) is 0 Å². The van der Waals surface area contributed by atoms with Gasteiger partial charge in [0.25, 0.3) is 0 Å². The van der Waals surface area contributed by atoms with Crippen LogP contribution in [-0.2, 0) is 11.3 Å². The Morgan fingerprint density at radius 1 is 1.30 bits per heavy atom. The lowest BCUT2D eigenvalue weighted by atomic mass is 10.2. The lowest BCUT2D eigenvalue weighted by Gasteiger charge is -2.09. The Morgan fingerprint density at radius 2 is 2.15 bits per heavy atom. The summed E-state index contributed by atoms with van der Waals surface area (Å²) in [6.45, 7) is 2.40. The van der Waals surface area contributed by atoms with E-state index in [2.05, 4.69) is 11.4 Å². The van der Waals surface area contributed by atoms with E-state index in [4.69, 9.17) is 14.7 Å². The minimum Gasteiger partial charge on any atom is -0.491 e. The van der Waals surface area contributed by atoms with E-state index in [1.807, 2.05) is 6.07 Å². The number of ether oxygens (including phenoxy) is 2. The van der Waals surface area contributed by atoms with Gasteiger partial charge in [-0.1, -0.05) is 6.07 Å². The van der Waals surface area contributed by atoms with Crippen LogP contribution in [0, 0.1) is 17.1 Å². The van der Waals surface area contributed by atoms with Crippen LogP contribution in [0.3, 0.4) is 0 Å². The molecule has 1 aromatic rings. The highest BCUT2D eigenvalue weighted by Crippen LogP contribution is 2.18. The topological polar surface area (TPSA) is 54.3 Å². The largest absolute Gasteiger partial charge is 0.491 e. The summed E-state index contributed by atoms with van der Waals surface area (Å²) in [4.78, 5) is 0. The van der Waals surface area contributed by atoms with E-state index in [0.29, 0.717) is 26.2 Å². The fourth-order valence-corrected chi connectivity index (χ4v) is 1.67. The predicted octanol–water partition coefficient (Wildman–Crippen LogP) is 2.63. The summed E-state index contributed by atoms with van der Waals surface area (Å²) in [5.74, 6) is -0.0843. The molecule has 0 bridgehead atoms. The van der Waals surface area contributed by atoms with Crippen LogP contribution in [0.2, 0.25) is 0 Å². The zero-order valence-corrected chi connectivity index (χ0v) is 11.8. The van der Waals surface area contributed by atoms with Crippen molar-refractivity contribution in [2.45, 2.75) is 25.8 Å². The molecule has 0 fully saturated rings. The summed E-state index contributed by atoms with van der Waals surface area (Å²) < 4.78 is 24.0. The van der Waals surface area contributed by atoms with Crippen molar-refractivity contribution in [1.29, 1.82) is 5.26 Å². The third-order valence-corrected chi connectivity index (χ3v) is 2.75. The average Bonchev–Trinajstić information content (AvgIpc) is 2.45. The number of methoxy groups -OCH3 is 1. The minimum absolute atomic E-state index is 0.266. The first-order valence-electron chi connectivity index (χ1n) is 6.75. The van der Waals surface area contributed by atoms with Crippen molar-refractivity contribution >= 4 is 0 Å². The van der Waals surface area contributed by atoms with E-state index in [-0.39, 0.29) is 11.6 Å². The fraction of sp³-hybridized carbons (Fsp3) is 0.533. The van der Waals surface area contributed by atoms with Crippen molar-refractivity contribution < 1.29 is 13.9 Å². The van der Waals surface area contributed by atoms with Crippen molar-refractivity contribution in [3.05, 3.63) is 29.6 Å². The summed E-state index contributed by atoms with van der Waals surface area (Å²) >= 11 is 0. The quantitative estimate of drug-likeness (QED) is 0.669. The molecule has 0 unspecified atom stereocenters. The maximum Gasteiger partial charge on any atom is 0.165 e. The van der Waals surface area contributed by atoms with Crippen LogP contribution in [0.25, 0.3) is 0 Å². The molecule has 0 spiro atoms. The molecule has 1 N–H and O–H groups in total. The maximum atomic E-state index is 13.8. The van der Waals surface area contributed by atoms with Crippen LogP contribution in [-0.4, -0.2) is 26.9 Å². The molecule has 1 rings (SSSR count). The smallest absolute Gasteiger partial charge is 0.165 e. The number of nitrogens with one attached hydrogen (secondary N) is 1. The Hall–Kier alpha value is -1.64. The second kappa shape index (κ2) is 10.2. The lowest BCUT2D eigenvalue weighted by molar-refractivity contribution is 0.199. The highest BCUT2D eigenvalue weighted by atomic mass is 19.1. The summed E-state index contributed by atoms with van der Waals surface area (Å²) in [5.41, 5.74) is 0.871. The number of rotatable bonds is 10. The highest BCUT2D eigenvalue weighted by Gasteiger charge is 2.04. The monoisotopic (exact) mass is 280 g/mol. The molecule has 0 aliphatic heterocycles. The first-order chi connectivity index (χ1) is 9.77. The average molecular weight is 280 g/mol. The van der Waals surface area contributed by atoms with Crippen LogP contribution in [0.1, 0.15) is 24.8 Å². The molecule has 1 aromatic carbocycles. The Bertz CT molecular complexity index is 432. The van der Waals surface area contributed by atoms with Crippen LogP contribution in [0.5, 0.6) is 5.75 Å². The van der Waals surface area contributed by atoms with Gasteiger partial charge in [-0.3, -0.25) is 0 Å². The molecule has 20 heavy (non-hydrogen) atoms. The van der Waals surface area contributed by atoms with E-state index in [9.17, 15) is 4.39 Å². The van der Waals surface area contributed by atoms with Crippen LogP contribution >= 0.6 is 0 Å². The number of halogens is 1. The van der Waals surface area contributed by atoms with Crippen molar-refractivity contribution in [2.75, 3.05) is 26.9 Å². The molecule has 0 heterocycles. The third kappa shape index (κ3) is 6.50. The second-order valence-corrected chi connectivity index (χ2v) is 4.40. The van der Waals surface area contributed by atoms with Crippen molar-refractivity contribution in [2.24, 2.45) is 0 Å². The zero-order valence-electron chi connectivity index (χ0n) is 11.8. The Labute approximate surface area is 119 Å². The van der Waals surface area contributed by atoms with Gasteiger partial charge in [0.05, 0.1) is 19.3 Å². The van der Waals surface area contributed by atoms with E-state index in [0.717, 1.165) is 24.9 Å². The molecule has 110 valence electrons. The Balaban J connectivity index is 2.33. The van der Waals surface area contributed by atoms with E-state index < -0.39 is 0 Å².